The van der Waals surface area contributed by atoms with Crippen LogP contribution in [-0.2, 0) is 19.5 Å². The van der Waals surface area contributed by atoms with Crippen molar-refractivity contribution in [2.24, 2.45) is 0 Å². The van der Waals surface area contributed by atoms with Crippen molar-refractivity contribution in [1.82, 2.24) is 14.9 Å². The van der Waals surface area contributed by atoms with Gasteiger partial charge in [0.15, 0.2) is 5.82 Å². The van der Waals surface area contributed by atoms with Crippen LogP contribution in [0.1, 0.15) is 16.8 Å². The molecule has 0 radical (unpaired) electrons. The highest BCUT2D eigenvalue weighted by molar-refractivity contribution is 7.13. The number of halogens is 3. The zero-order chi connectivity index (χ0) is 19.7. The molecule has 0 saturated carbocycles. The van der Waals surface area contributed by atoms with Crippen LogP contribution in [0.25, 0.3) is 10.7 Å². The second-order valence-corrected chi connectivity index (χ2v) is 7.42. The summed E-state index contributed by atoms with van der Waals surface area (Å²) in [4.78, 5) is 22.9. The molecule has 1 aliphatic rings. The van der Waals surface area contributed by atoms with Crippen molar-refractivity contribution < 1.29 is 17.9 Å². The predicted molar refractivity (Wildman–Crippen MR) is 99.1 cm³/mol. The Morgan fingerprint density at radius 3 is 2.86 bits per heavy atom. The molecule has 0 amide bonds. The lowest BCUT2D eigenvalue weighted by atomic mass is 10.1. The van der Waals surface area contributed by atoms with Crippen molar-refractivity contribution in [1.29, 1.82) is 0 Å². The topological polar surface area (TPSA) is 58.2 Å². The van der Waals surface area contributed by atoms with Crippen molar-refractivity contribution in [2.45, 2.75) is 25.9 Å². The average Bonchev–Trinajstić information content (AvgIpc) is 3.16. The summed E-state index contributed by atoms with van der Waals surface area (Å²) >= 11 is 1.51. The molecule has 1 aliphatic heterocycles. The summed E-state index contributed by atoms with van der Waals surface area (Å²) in [6, 6.07) is 9.70. The normalized spacial score (nSPS) is 14.7. The lowest BCUT2D eigenvalue weighted by Crippen LogP contribution is -2.35. The molecule has 2 aromatic heterocycles. The standard InChI is InChI=1S/C19H16F3N3O2S/c20-19(21,22)27-13-4-1-3-12(9-13)10-25-7-6-15-14(11-25)18(26)24-17(23-15)16-5-2-8-28-16/h1-5,8-9H,6-7,10-11H2,(H,23,24,26). The van der Waals surface area contributed by atoms with Gasteiger partial charge in [0.05, 0.1) is 16.1 Å². The van der Waals surface area contributed by atoms with Gasteiger partial charge in [-0.3, -0.25) is 9.69 Å². The number of nitrogens with one attached hydrogen (secondary N) is 1. The SMILES string of the molecule is O=c1[nH]c(-c2cccs2)nc2c1CN(Cc1cccc(OC(F)(F)F)c1)CC2. The number of ether oxygens (including phenoxy) is 1. The second-order valence-electron chi connectivity index (χ2n) is 6.47. The summed E-state index contributed by atoms with van der Waals surface area (Å²) in [5.74, 6) is 0.326. The van der Waals surface area contributed by atoms with Gasteiger partial charge < -0.3 is 9.72 Å². The van der Waals surface area contributed by atoms with E-state index < -0.39 is 6.36 Å². The molecule has 0 saturated heterocycles. The van der Waals surface area contributed by atoms with Crippen molar-refractivity contribution in [3.8, 4) is 16.5 Å². The Morgan fingerprint density at radius 1 is 1.25 bits per heavy atom. The maximum Gasteiger partial charge on any atom is 0.573 e. The summed E-state index contributed by atoms with van der Waals surface area (Å²) in [5.41, 5.74) is 1.89. The third-order valence-electron chi connectivity index (χ3n) is 4.44. The van der Waals surface area contributed by atoms with Crippen LogP contribution in [0, 0.1) is 0 Å². The monoisotopic (exact) mass is 407 g/mol. The van der Waals surface area contributed by atoms with E-state index in [9.17, 15) is 18.0 Å². The van der Waals surface area contributed by atoms with E-state index in [1.807, 2.05) is 22.4 Å². The number of alkyl halides is 3. The summed E-state index contributed by atoms with van der Waals surface area (Å²) in [7, 11) is 0. The number of thiophene rings is 1. The van der Waals surface area contributed by atoms with E-state index in [0.29, 0.717) is 43.0 Å². The highest BCUT2D eigenvalue weighted by Gasteiger charge is 2.31. The molecule has 0 spiro atoms. The first-order valence-corrected chi connectivity index (χ1v) is 9.48. The van der Waals surface area contributed by atoms with E-state index >= 15 is 0 Å². The fourth-order valence-electron chi connectivity index (χ4n) is 3.25. The Balaban J connectivity index is 1.50. The minimum atomic E-state index is -4.72. The highest BCUT2D eigenvalue weighted by Crippen LogP contribution is 2.25. The first-order chi connectivity index (χ1) is 13.4. The number of fused-ring (bicyclic) bond motifs is 1. The Morgan fingerprint density at radius 2 is 2.11 bits per heavy atom. The number of hydrogen-bond acceptors (Lipinski definition) is 5. The smallest absolute Gasteiger partial charge is 0.406 e. The van der Waals surface area contributed by atoms with Crippen LogP contribution >= 0.6 is 11.3 Å². The van der Waals surface area contributed by atoms with E-state index in [2.05, 4.69) is 14.7 Å². The van der Waals surface area contributed by atoms with Gasteiger partial charge in [0, 0.05) is 26.1 Å². The van der Waals surface area contributed by atoms with Gasteiger partial charge in [-0.05, 0) is 29.1 Å². The van der Waals surface area contributed by atoms with Crippen molar-refractivity contribution in [3.05, 3.63) is 69.0 Å². The maximum absolute atomic E-state index is 12.5. The number of aromatic amines is 1. The molecule has 1 N–H and O–H groups in total. The molecule has 0 aliphatic carbocycles. The molecule has 3 heterocycles. The van der Waals surface area contributed by atoms with Crippen LogP contribution in [0.4, 0.5) is 13.2 Å². The van der Waals surface area contributed by atoms with E-state index in [4.69, 9.17) is 0 Å². The zero-order valence-corrected chi connectivity index (χ0v) is 15.4. The molecule has 3 aromatic rings. The first kappa shape index (κ1) is 18.7. The van der Waals surface area contributed by atoms with E-state index in [1.165, 1.54) is 29.5 Å². The van der Waals surface area contributed by atoms with Crippen LogP contribution in [0.3, 0.4) is 0 Å². The van der Waals surface area contributed by atoms with E-state index in [-0.39, 0.29) is 11.3 Å². The van der Waals surface area contributed by atoms with Gasteiger partial charge in [-0.15, -0.1) is 24.5 Å². The lowest BCUT2D eigenvalue weighted by Gasteiger charge is -2.27. The molecule has 146 valence electrons. The Labute approximate surface area is 162 Å². The molecule has 28 heavy (non-hydrogen) atoms. The third-order valence-corrected chi connectivity index (χ3v) is 5.32. The van der Waals surface area contributed by atoms with Gasteiger partial charge in [0.1, 0.15) is 5.75 Å². The van der Waals surface area contributed by atoms with Crippen LogP contribution < -0.4 is 10.3 Å². The molecule has 0 atom stereocenters. The van der Waals surface area contributed by atoms with Crippen LogP contribution in [-0.4, -0.2) is 27.8 Å². The van der Waals surface area contributed by atoms with Crippen molar-refractivity contribution >= 4 is 11.3 Å². The molecule has 0 fully saturated rings. The molecule has 5 nitrogen and oxygen atoms in total. The highest BCUT2D eigenvalue weighted by atomic mass is 32.1. The minimum absolute atomic E-state index is 0.174. The van der Waals surface area contributed by atoms with Gasteiger partial charge in [-0.2, -0.15) is 0 Å². The van der Waals surface area contributed by atoms with Gasteiger partial charge in [-0.25, -0.2) is 4.98 Å². The Kier molecular flexibility index (Phi) is 4.94. The fourth-order valence-corrected chi connectivity index (χ4v) is 3.91. The number of H-pyrrole nitrogens is 1. The van der Waals surface area contributed by atoms with Gasteiger partial charge in [0.25, 0.3) is 5.56 Å². The number of rotatable bonds is 4. The number of benzene rings is 1. The zero-order valence-electron chi connectivity index (χ0n) is 14.6. The lowest BCUT2D eigenvalue weighted by molar-refractivity contribution is -0.274. The minimum Gasteiger partial charge on any atom is -0.406 e. The number of hydrogen-bond donors (Lipinski definition) is 1. The second kappa shape index (κ2) is 7.40. The van der Waals surface area contributed by atoms with E-state index in [1.54, 1.807) is 6.07 Å². The molecule has 4 rings (SSSR count). The fraction of sp³-hybridized carbons (Fsp3) is 0.263. The molecule has 1 aromatic carbocycles. The van der Waals surface area contributed by atoms with Gasteiger partial charge >= 0.3 is 6.36 Å². The molecular formula is C19H16F3N3O2S. The van der Waals surface area contributed by atoms with Gasteiger partial charge in [-0.1, -0.05) is 18.2 Å². The van der Waals surface area contributed by atoms with Crippen LogP contribution in [0.15, 0.2) is 46.6 Å². The van der Waals surface area contributed by atoms with E-state index in [0.717, 1.165) is 10.6 Å². The number of aromatic nitrogens is 2. The molecule has 0 bridgehead atoms. The van der Waals surface area contributed by atoms with Crippen molar-refractivity contribution in [3.63, 3.8) is 0 Å². The Bertz CT molecular complexity index is 1030. The summed E-state index contributed by atoms with van der Waals surface area (Å²) in [6.07, 6.45) is -4.11. The predicted octanol–water partition coefficient (Wildman–Crippen LogP) is 3.96. The largest absolute Gasteiger partial charge is 0.573 e. The molecule has 9 heteroatoms. The van der Waals surface area contributed by atoms with Crippen molar-refractivity contribution in [2.75, 3.05) is 6.54 Å². The van der Waals surface area contributed by atoms with Gasteiger partial charge in [0.2, 0.25) is 0 Å². The first-order valence-electron chi connectivity index (χ1n) is 8.60. The average molecular weight is 407 g/mol. The van der Waals surface area contributed by atoms with Crippen LogP contribution in [0.5, 0.6) is 5.75 Å². The summed E-state index contributed by atoms with van der Waals surface area (Å²) in [6.45, 7) is 1.48. The quantitative estimate of drug-likeness (QED) is 0.712. The van der Waals surface area contributed by atoms with Crippen LogP contribution in [0.2, 0.25) is 0 Å². The summed E-state index contributed by atoms with van der Waals surface area (Å²) in [5, 5.41) is 1.92. The summed E-state index contributed by atoms with van der Waals surface area (Å²) < 4.78 is 41.2. The molecule has 0 unspecified atom stereocenters. The Hall–Kier alpha value is -2.65. The molecular weight excluding hydrogens is 391 g/mol. The maximum atomic E-state index is 12.5. The third kappa shape index (κ3) is 4.26. The number of nitrogens with zero attached hydrogens (tertiary/aromatic N) is 2.